The quantitative estimate of drug-likeness (QED) is 0.501. The summed E-state index contributed by atoms with van der Waals surface area (Å²) in [4.78, 5) is 13.7. The third-order valence-electron chi connectivity index (χ3n) is 6.34. The van der Waals surface area contributed by atoms with Crippen molar-refractivity contribution in [2.24, 2.45) is 5.10 Å². The molecule has 3 aromatic rings. The van der Waals surface area contributed by atoms with E-state index < -0.39 is 0 Å². The van der Waals surface area contributed by atoms with Crippen LogP contribution in [0.5, 0.6) is 5.75 Å². The van der Waals surface area contributed by atoms with Crippen molar-refractivity contribution in [2.45, 2.75) is 51.1 Å². The third-order valence-corrected chi connectivity index (χ3v) is 7.74. The van der Waals surface area contributed by atoms with Gasteiger partial charge in [-0.3, -0.25) is 10.2 Å². The Bertz CT molecular complexity index is 1310. The minimum Gasteiger partial charge on any atom is -0.481 e. The fourth-order valence-electron chi connectivity index (χ4n) is 4.50. The summed E-state index contributed by atoms with van der Waals surface area (Å²) < 4.78 is 10.0. The largest absolute Gasteiger partial charge is 0.481 e. The number of hydrogen-bond donors (Lipinski definition) is 1. The van der Waals surface area contributed by atoms with Crippen molar-refractivity contribution in [2.75, 3.05) is 13.1 Å². The summed E-state index contributed by atoms with van der Waals surface area (Å²) in [6, 6.07) is 2.11. The molecule has 1 amide bonds. The molecule has 5 rings (SSSR count). The van der Waals surface area contributed by atoms with Gasteiger partial charge in [0.05, 0.1) is 28.3 Å². The fraction of sp³-hybridized carbons (Fsp3) is 0.435. The number of fused-ring (bicyclic) bond motifs is 1. The summed E-state index contributed by atoms with van der Waals surface area (Å²) in [6.45, 7) is 11.0. The second kappa shape index (κ2) is 9.54. The predicted octanol–water partition coefficient (Wildman–Crippen LogP) is 3.67. The molecular formula is C23H27ClN8O2S. The Morgan fingerprint density at radius 1 is 1.40 bits per heavy atom. The smallest absolute Gasteiger partial charge is 0.245 e. The first-order chi connectivity index (χ1) is 16.9. The average molecular weight is 515 g/mol. The van der Waals surface area contributed by atoms with Gasteiger partial charge in [0.15, 0.2) is 0 Å². The van der Waals surface area contributed by atoms with Crippen LogP contribution in [0.4, 0.5) is 0 Å². The van der Waals surface area contributed by atoms with E-state index in [2.05, 4.69) is 32.5 Å². The van der Waals surface area contributed by atoms with Crippen LogP contribution in [0.15, 0.2) is 36.2 Å². The molecule has 0 bridgehead atoms. The van der Waals surface area contributed by atoms with E-state index >= 15 is 0 Å². The highest BCUT2D eigenvalue weighted by molar-refractivity contribution is 8.14. The molecule has 184 valence electrons. The molecule has 1 fully saturated rings. The molecule has 0 spiro atoms. The van der Waals surface area contributed by atoms with Crippen molar-refractivity contribution in [3.05, 3.63) is 41.8 Å². The Balaban J connectivity index is 1.43. The lowest BCUT2D eigenvalue weighted by molar-refractivity contribution is -0.127. The number of hydrazone groups is 1. The minimum absolute atomic E-state index is 0.0281. The highest BCUT2D eigenvalue weighted by atomic mass is 35.5. The molecule has 2 atom stereocenters. The second-order valence-corrected chi connectivity index (χ2v) is 10.5. The summed E-state index contributed by atoms with van der Waals surface area (Å²) in [5.74, 6) is 0.574. The number of piperidine rings is 1. The number of amides is 1. The fourth-order valence-corrected chi connectivity index (χ4v) is 5.53. The Morgan fingerprint density at radius 3 is 2.86 bits per heavy atom. The van der Waals surface area contributed by atoms with E-state index in [0.29, 0.717) is 29.4 Å². The van der Waals surface area contributed by atoms with Gasteiger partial charge >= 0.3 is 0 Å². The number of hydrogen-bond acceptors (Lipinski definition) is 8. The van der Waals surface area contributed by atoms with Gasteiger partial charge < -0.3 is 9.64 Å². The zero-order valence-electron chi connectivity index (χ0n) is 19.8. The first-order valence-corrected chi connectivity index (χ1v) is 12.8. The molecule has 1 N–H and O–H groups in total. The lowest BCUT2D eigenvalue weighted by atomic mass is 10.0. The number of likely N-dealkylation sites (tertiary alicyclic amines) is 1. The highest BCUT2D eigenvalue weighted by Gasteiger charge is 2.27. The van der Waals surface area contributed by atoms with Gasteiger partial charge in [-0.05, 0) is 45.8 Å². The summed E-state index contributed by atoms with van der Waals surface area (Å²) in [5, 5.41) is 19.3. The highest BCUT2D eigenvalue weighted by Crippen LogP contribution is 2.35. The van der Waals surface area contributed by atoms with Crippen molar-refractivity contribution in [3.8, 4) is 17.0 Å². The molecule has 10 nitrogen and oxygen atoms in total. The molecule has 35 heavy (non-hydrogen) atoms. The normalized spacial score (nSPS) is 19.5. The maximum atomic E-state index is 11.9. The molecule has 0 aliphatic carbocycles. The number of pyridine rings is 1. The molecule has 5 heterocycles. The van der Waals surface area contributed by atoms with Crippen molar-refractivity contribution in [1.82, 2.24) is 34.9 Å². The molecule has 2 aliphatic heterocycles. The lowest BCUT2D eigenvalue weighted by Crippen LogP contribution is -2.38. The third kappa shape index (κ3) is 4.50. The SMILES string of the molecule is C=CC(=O)N1CCC(n2nnc(-c3cc(O[C@@H](C)C4=NNC(C)S4)c4c(Cl)cnn4c3)c2C)CC1. The number of carbonyl (C=O) groups is 1. The summed E-state index contributed by atoms with van der Waals surface area (Å²) in [7, 11) is 0. The minimum atomic E-state index is -0.261. The molecule has 1 unspecified atom stereocenters. The van der Waals surface area contributed by atoms with Crippen LogP contribution in [0.25, 0.3) is 16.8 Å². The van der Waals surface area contributed by atoms with Gasteiger partial charge in [0.1, 0.15) is 28.1 Å². The number of thioether (sulfide) groups is 1. The molecule has 1 saturated heterocycles. The number of nitrogens with zero attached hydrogens (tertiary/aromatic N) is 7. The van der Waals surface area contributed by atoms with Crippen LogP contribution in [0.3, 0.4) is 0 Å². The lowest BCUT2D eigenvalue weighted by Gasteiger charge is -2.31. The molecule has 0 aromatic carbocycles. The van der Waals surface area contributed by atoms with Gasteiger partial charge in [0.2, 0.25) is 5.91 Å². The van der Waals surface area contributed by atoms with Crippen LogP contribution in [0, 0.1) is 6.92 Å². The van der Waals surface area contributed by atoms with E-state index in [1.807, 2.05) is 42.6 Å². The van der Waals surface area contributed by atoms with Crippen LogP contribution >= 0.6 is 23.4 Å². The monoisotopic (exact) mass is 514 g/mol. The predicted molar refractivity (Wildman–Crippen MR) is 137 cm³/mol. The summed E-state index contributed by atoms with van der Waals surface area (Å²) >= 11 is 8.08. The average Bonchev–Trinajstić information content (AvgIpc) is 3.57. The van der Waals surface area contributed by atoms with Gasteiger partial charge in [-0.25, -0.2) is 9.20 Å². The maximum absolute atomic E-state index is 11.9. The number of rotatable bonds is 6. The summed E-state index contributed by atoms with van der Waals surface area (Å²) in [6.07, 6.45) is 6.22. The van der Waals surface area contributed by atoms with E-state index in [0.717, 1.165) is 34.8 Å². The Kier molecular flexibility index (Phi) is 6.45. The number of nitrogens with one attached hydrogen (secondary N) is 1. The van der Waals surface area contributed by atoms with Gasteiger partial charge in [-0.2, -0.15) is 10.2 Å². The van der Waals surface area contributed by atoms with Crippen LogP contribution in [-0.4, -0.2) is 65.0 Å². The summed E-state index contributed by atoms with van der Waals surface area (Å²) in [5.41, 5.74) is 6.27. The van der Waals surface area contributed by atoms with Crippen molar-refractivity contribution < 1.29 is 9.53 Å². The second-order valence-electron chi connectivity index (χ2n) is 8.71. The van der Waals surface area contributed by atoms with Gasteiger partial charge in [0, 0.05) is 24.8 Å². The van der Waals surface area contributed by atoms with Crippen LogP contribution in [0.2, 0.25) is 5.02 Å². The van der Waals surface area contributed by atoms with Crippen LogP contribution in [0.1, 0.15) is 38.4 Å². The van der Waals surface area contributed by atoms with Gasteiger partial charge in [-0.15, -0.1) is 5.10 Å². The number of halogens is 1. The van der Waals surface area contributed by atoms with Crippen molar-refractivity contribution >= 4 is 39.8 Å². The van der Waals surface area contributed by atoms with E-state index in [4.69, 9.17) is 16.3 Å². The maximum Gasteiger partial charge on any atom is 0.245 e. The number of carbonyl (C=O) groups excluding carboxylic acids is 1. The van der Waals surface area contributed by atoms with E-state index in [-0.39, 0.29) is 23.4 Å². The van der Waals surface area contributed by atoms with E-state index in [9.17, 15) is 4.79 Å². The Hall–Kier alpha value is -3.05. The first kappa shape index (κ1) is 23.7. The van der Waals surface area contributed by atoms with Gasteiger partial charge in [-0.1, -0.05) is 35.2 Å². The number of aromatic nitrogens is 5. The van der Waals surface area contributed by atoms with Crippen molar-refractivity contribution in [3.63, 3.8) is 0 Å². The van der Waals surface area contributed by atoms with Crippen molar-refractivity contribution in [1.29, 1.82) is 0 Å². The molecule has 0 radical (unpaired) electrons. The van der Waals surface area contributed by atoms with E-state index in [1.54, 1.807) is 22.5 Å². The Morgan fingerprint density at radius 2 is 2.17 bits per heavy atom. The van der Waals surface area contributed by atoms with Crippen LogP contribution < -0.4 is 10.2 Å². The molecule has 3 aromatic heterocycles. The zero-order valence-corrected chi connectivity index (χ0v) is 21.4. The van der Waals surface area contributed by atoms with E-state index in [1.165, 1.54) is 6.08 Å². The van der Waals surface area contributed by atoms with Crippen LogP contribution in [-0.2, 0) is 4.79 Å². The zero-order chi connectivity index (χ0) is 24.7. The first-order valence-electron chi connectivity index (χ1n) is 11.5. The Labute approximate surface area is 212 Å². The van der Waals surface area contributed by atoms with Gasteiger partial charge in [0.25, 0.3) is 0 Å². The topological polar surface area (TPSA) is 102 Å². The number of ether oxygens (including phenoxy) is 1. The standard InChI is InChI=1S/C23H27ClN8O2S/c1-5-20(33)30-8-6-17(7-9-30)32-13(2)21(27-29-32)16-10-19(22-18(24)11-25-31(22)12-16)34-14(3)23-28-26-15(4)35-23/h5,10-12,14-15,17,26H,1,6-9H2,2-4H3/t14-,15?/m0/s1. The molecular weight excluding hydrogens is 488 g/mol. The molecule has 2 aliphatic rings. The molecule has 0 saturated carbocycles. The molecule has 12 heteroatoms.